The number of rotatable bonds is 1. The van der Waals surface area contributed by atoms with Crippen LogP contribution in [0.2, 0.25) is 0 Å². The highest BCUT2D eigenvalue weighted by atomic mass is 79.9. The molecule has 0 amide bonds. The van der Waals surface area contributed by atoms with Gasteiger partial charge in [-0.15, -0.1) is 0 Å². The van der Waals surface area contributed by atoms with Crippen molar-refractivity contribution in [3.8, 4) is 0 Å². The first-order chi connectivity index (χ1) is 4.70. The summed E-state index contributed by atoms with van der Waals surface area (Å²) >= 11 is 9.81. The molecule has 0 bridgehead atoms. The van der Waals surface area contributed by atoms with Crippen LogP contribution < -0.4 is 0 Å². The van der Waals surface area contributed by atoms with Gasteiger partial charge >= 0.3 is 0 Å². The Hall–Kier alpha value is 0.520. The normalized spacial score (nSPS) is 10.4. The molecule has 0 aliphatic heterocycles. The number of alkyl halides is 2. The van der Waals surface area contributed by atoms with Crippen LogP contribution in [-0.4, -0.2) is 9.97 Å². The molecule has 1 heterocycles. The summed E-state index contributed by atoms with van der Waals surface area (Å²) < 4.78 is 0.921. The average Bonchev–Trinajstić information content (AvgIpc) is 1.88. The van der Waals surface area contributed by atoms with Gasteiger partial charge in [-0.25, -0.2) is 9.97 Å². The molecule has 0 saturated heterocycles. The minimum atomic E-state index is 0.0353. The first-order valence-corrected chi connectivity index (χ1v) is 5.08. The molecule has 1 rings (SSSR count). The Bertz CT molecular complexity index is 209. The molecule has 10 heavy (non-hydrogen) atoms. The van der Waals surface area contributed by atoms with E-state index in [1.807, 2.05) is 0 Å². The van der Waals surface area contributed by atoms with E-state index in [0.717, 1.165) is 10.3 Å². The van der Waals surface area contributed by atoms with Crippen molar-refractivity contribution in [1.82, 2.24) is 9.97 Å². The minimum Gasteiger partial charge on any atom is -0.238 e. The summed E-state index contributed by atoms with van der Waals surface area (Å²) in [6, 6.07) is 0. The number of hydrogen-bond acceptors (Lipinski definition) is 2. The van der Waals surface area contributed by atoms with E-state index in [2.05, 4.69) is 57.8 Å². The molecule has 2 nitrogen and oxygen atoms in total. The summed E-state index contributed by atoms with van der Waals surface area (Å²) in [6.45, 7) is 0. The summed E-state index contributed by atoms with van der Waals surface area (Å²) in [6.07, 6.45) is 3.41. The second kappa shape index (κ2) is 3.78. The number of hydrogen-bond donors (Lipinski definition) is 0. The van der Waals surface area contributed by atoms with Gasteiger partial charge in [-0.1, -0.05) is 31.9 Å². The van der Waals surface area contributed by atoms with Gasteiger partial charge in [-0.3, -0.25) is 0 Å². The van der Waals surface area contributed by atoms with E-state index in [-0.39, 0.29) is 3.74 Å². The Morgan fingerprint density at radius 2 is 1.70 bits per heavy atom. The lowest BCUT2D eigenvalue weighted by molar-refractivity contribution is 1.03. The van der Waals surface area contributed by atoms with Gasteiger partial charge in [-0.05, 0) is 15.9 Å². The fourth-order valence-electron chi connectivity index (χ4n) is 0.435. The van der Waals surface area contributed by atoms with E-state index in [0.29, 0.717) is 0 Å². The van der Waals surface area contributed by atoms with Crippen LogP contribution in [0.5, 0.6) is 0 Å². The number of halogens is 3. The van der Waals surface area contributed by atoms with Gasteiger partial charge in [0.1, 0.15) is 3.74 Å². The summed E-state index contributed by atoms with van der Waals surface area (Å²) in [5, 5.41) is 0. The molecule has 0 aliphatic rings. The highest BCUT2D eigenvalue weighted by Crippen LogP contribution is 2.25. The van der Waals surface area contributed by atoms with Crippen molar-refractivity contribution in [3.63, 3.8) is 0 Å². The third-order valence-electron chi connectivity index (χ3n) is 0.835. The molecule has 5 heteroatoms. The molecule has 54 valence electrons. The largest absolute Gasteiger partial charge is 0.238 e. The van der Waals surface area contributed by atoms with E-state index in [9.17, 15) is 0 Å². The molecule has 1 aromatic heterocycles. The summed E-state index contributed by atoms with van der Waals surface area (Å²) in [5.74, 6) is 0.725. The van der Waals surface area contributed by atoms with Crippen LogP contribution >= 0.6 is 47.8 Å². The van der Waals surface area contributed by atoms with Gasteiger partial charge in [0.05, 0.1) is 4.47 Å². The molecular formula is C5H3Br3N2. The third kappa shape index (κ3) is 2.29. The highest BCUT2D eigenvalue weighted by molar-refractivity contribution is 9.24. The summed E-state index contributed by atoms with van der Waals surface area (Å²) in [7, 11) is 0. The quantitative estimate of drug-likeness (QED) is 0.740. The van der Waals surface area contributed by atoms with Crippen LogP contribution in [0.25, 0.3) is 0 Å². The molecule has 0 aromatic carbocycles. The van der Waals surface area contributed by atoms with Crippen LogP contribution in [0.1, 0.15) is 9.56 Å². The molecule has 0 radical (unpaired) electrons. The molecular weight excluding hydrogens is 328 g/mol. The van der Waals surface area contributed by atoms with Gasteiger partial charge in [0.2, 0.25) is 0 Å². The van der Waals surface area contributed by atoms with Gasteiger partial charge in [0.25, 0.3) is 0 Å². The zero-order chi connectivity index (χ0) is 7.56. The van der Waals surface area contributed by atoms with E-state index in [4.69, 9.17) is 0 Å². The Balaban J connectivity index is 2.89. The first kappa shape index (κ1) is 8.62. The van der Waals surface area contributed by atoms with Crippen molar-refractivity contribution >= 4 is 47.8 Å². The predicted molar refractivity (Wildman–Crippen MR) is 50.3 cm³/mol. The lowest BCUT2D eigenvalue weighted by atomic mass is 10.6. The molecule has 0 atom stereocenters. The molecule has 0 saturated carbocycles. The molecule has 0 aliphatic carbocycles. The highest BCUT2D eigenvalue weighted by Gasteiger charge is 2.03. The van der Waals surface area contributed by atoms with Crippen molar-refractivity contribution in [2.75, 3.05) is 0 Å². The third-order valence-corrected chi connectivity index (χ3v) is 2.06. The first-order valence-electron chi connectivity index (χ1n) is 2.46. The van der Waals surface area contributed by atoms with Crippen molar-refractivity contribution in [2.45, 2.75) is 3.74 Å². The van der Waals surface area contributed by atoms with Crippen molar-refractivity contribution < 1.29 is 0 Å². The Morgan fingerprint density at radius 1 is 1.20 bits per heavy atom. The fourth-order valence-corrected chi connectivity index (χ4v) is 1.11. The predicted octanol–water partition coefficient (Wildman–Crippen LogP) is 3.03. The molecule has 0 fully saturated rings. The minimum absolute atomic E-state index is 0.0353. The van der Waals surface area contributed by atoms with Crippen molar-refractivity contribution in [1.29, 1.82) is 0 Å². The molecule has 0 N–H and O–H groups in total. The van der Waals surface area contributed by atoms with Crippen LogP contribution in [0, 0.1) is 0 Å². The Morgan fingerprint density at radius 3 is 2.10 bits per heavy atom. The number of aromatic nitrogens is 2. The summed E-state index contributed by atoms with van der Waals surface area (Å²) in [5.41, 5.74) is 0. The molecule has 1 aromatic rings. The van der Waals surface area contributed by atoms with Gasteiger partial charge in [-0.2, -0.15) is 0 Å². The lowest BCUT2D eigenvalue weighted by Gasteiger charge is -1.97. The average molecular weight is 331 g/mol. The maximum absolute atomic E-state index is 4.03. The zero-order valence-corrected chi connectivity index (χ0v) is 9.52. The van der Waals surface area contributed by atoms with Crippen LogP contribution in [0.3, 0.4) is 0 Å². The van der Waals surface area contributed by atoms with Crippen molar-refractivity contribution in [2.24, 2.45) is 0 Å². The van der Waals surface area contributed by atoms with E-state index in [1.54, 1.807) is 12.4 Å². The van der Waals surface area contributed by atoms with Gasteiger partial charge < -0.3 is 0 Å². The second-order valence-corrected chi connectivity index (χ2v) is 5.54. The topological polar surface area (TPSA) is 25.8 Å². The van der Waals surface area contributed by atoms with Crippen LogP contribution in [-0.2, 0) is 0 Å². The van der Waals surface area contributed by atoms with E-state index >= 15 is 0 Å². The maximum Gasteiger partial charge on any atom is 0.152 e. The fraction of sp³-hybridized carbons (Fsp3) is 0.200. The Labute approximate surface area is 83.8 Å². The van der Waals surface area contributed by atoms with E-state index in [1.165, 1.54) is 0 Å². The molecule has 0 spiro atoms. The van der Waals surface area contributed by atoms with E-state index < -0.39 is 0 Å². The van der Waals surface area contributed by atoms with Crippen molar-refractivity contribution in [3.05, 3.63) is 22.7 Å². The van der Waals surface area contributed by atoms with Gasteiger partial charge in [0.15, 0.2) is 5.82 Å². The zero-order valence-electron chi connectivity index (χ0n) is 4.76. The smallest absolute Gasteiger partial charge is 0.152 e. The maximum atomic E-state index is 4.03. The van der Waals surface area contributed by atoms with Crippen LogP contribution in [0.15, 0.2) is 16.9 Å². The second-order valence-electron chi connectivity index (χ2n) is 1.56. The molecule has 0 unspecified atom stereocenters. The van der Waals surface area contributed by atoms with Crippen LogP contribution in [0.4, 0.5) is 0 Å². The Kier molecular flexibility index (Phi) is 3.26. The SMILES string of the molecule is Brc1cnc(C(Br)Br)nc1. The lowest BCUT2D eigenvalue weighted by Crippen LogP contribution is -1.90. The standard InChI is InChI=1S/C5H3Br3N2/c6-3-1-9-5(4(7)8)10-2-3/h1-2,4H. The number of nitrogens with zero attached hydrogens (tertiary/aromatic N) is 2. The van der Waals surface area contributed by atoms with Gasteiger partial charge in [0, 0.05) is 12.4 Å². The monoisotopic (exact) mass is 328 g/mol. The summed E-state index contributed by atoms with van der Waals surface area (Å²) in [4.78, 5) is 8.05.